The topological polar surface area (TPSA) is 43.4 Å². The molecule has 0 heterocycles. The molecule has 0 aliphatic heterocycles. The van der Waals surface area contributed by atoms with Gasteiger partial charge in [0.05, 0.1) is 4.90 Å². The molecule has 0 aliphatic carbocycles. The molecular weight excluding hydrogens is 326 g/mol. The second kappa shape index (κ2) is 5.99. The lowest BCUT2D eigenvalue weighted by Gasteiger charge is -2.08. The molecule has 0 saturated carbocycles. The molecule has 0 amide bonds. The Morgan fingerprint density at radius 2 is 1.75 bits per heavy atom. The number of hydrogen-bond donors (Lipinski definition) is 0. The van der Waals surface area contributed by atoms with Gasteiger partial charge in [0, 0.05) is 21.3 Å². The minimum Gasteiger partial charge on any atom is -0.489 e. The van der Waals surface area contributed by atoms with Gasteiger partial charge in [-0.1, -0.05) is 11.6 Å². The second-order valence-corrected chi connectivity index (χ2v) is 6.91. The summed E-state index contributed by atoms with van der Waals surface area (Å²) >= 11 is 5.90. The molecular formula is C13H9Cl2FO3S. The Kier molecular flexibility index (Phi) is 4.52. The van der Waals surface area contributed by atoms with Crippen LogP contribution in [0.5, 0.6) is 5.75 Å². The third kappa shape index (κ3) is 3.85. The minimum atomic E-state index is -3.75. The first-order chi connectivity index (χ1) is 9.36. The lowest BCUT2D eigenvalue weighted by molar-refractivity contribution is 0.305. The number of rotatable bonds is 4. The van der Waals surface area contributed by atoms with E-state index in [9.17, 15) is 12.8 Å². The molecule has 7 heteroatoms. The summed E-state index contributed by atoms with van der Waals surface area (Å²) in [6.07, 6.45) is 0. The van der Waals surface area contributed by atoms with Gasteiger partial charge in [0.1, 0.15) is 18.2 Å². The maximum absolute atomic E-state index is 13.1. The highest BCUT2D eigenvalue weighted by molar-refractivity contribution is 8.13. The first-order valence-electron chi connectivity index (χ1n) is 5.48. The zero-order valence-corrected chi connectivity index (χ0v) is 12.3. The predicted octanol–water partition coefficient (Wildman–Crippen LogP) is 3.99. The second-order valence-electron chi connectivity index (χ2n) is 3.93. The van der Waals surface area contributed by atoms with Crippen LogP contribution in [0.2, 0.25) is 5.02 Å². The van der Waals surface area contributed by atoms with E-state index in [0.29, 0.717) is 16.3 Å². The Bertz CT molecular complexity index is 715. The van der Waals surface area contributed by atoms with Crippen LogP contribution in [0.25, 0.3) is 0 Å². The van der Waals surface area contributed by atoms with E-state index in [-0.39, 0.29) is 11.5 Å². The maximum Gasteiger partial charge on any atom is 0.261 e. The summed E-state index contributed by atoms with van der Waals surface area (Å²) in [5.74, 6) is 0.0194. The third-order valence-corrected chi connectivity index (χ3v) is 4.25. The van der Waals surface area contributed by atoms with Gasteiger partial charge in [0.25, 0.3) is 9.05 Å². The van der Waals surface area contributed by atoms with Gasteiger partial charge in [-0.15, -0.1) is 0 Å². The summed E-state index contributed by atoms with van der Waals surface area (Å²) in [5.41, 5.74) is 0.501. The van der Waals surface area contributed by atoms with E-state index in [1.165, 1.54) is 42.5 Å². The summed E-state index contributed by atoms with van der Waals surface area (Å²) in [6.45, 7) is 0.0730. The zero-order chi connectivity index (χ0) is 14.8. The zero-order valence-electron chi connectivity index (χ0n) is 10.0. The van der Waals surface area contributed by atoms with Gasteiger partial charge >= 0.3 is 0 Å². The average molecular weight is 335 g/mol. The fourth-order valence-electron chi connectivity index (χ4n) is 1.51. The Hall–Kier alpha value is -1.30. The number of halogens is 3. The molecule has 0 atom stereocenters. The van der Waals surface area contributed by atoms with Crippen molar-refractivity contribution in [1.82, 2.24) is 0 Å². The van der Waals surface area contributed by atoms with E-state index in [1.807, 2.05) is 0 Å². The molecule has 0 N–H and O–H groups in total. The summed E-state index contributed by atoms with van der Waals surface area (Å²) < 4.78 is 40.6. The van der Waals surface area contributed by atoms with E-state index in [2.05, 4.69) is 0 Å². The van der Waals surface area contributed by atoms with Gasteiger partial charge in [0.15, 0.2) is 0 Å². The highest BCUT2D eigenvalue weighted by Gasteiger charge is 2.09. The van der Waals surface area contributed by atoms with Crippen LogP contribution in [0.4, 0.5) is 4.39 Å². The summed E-state index contributed by atoms with van der Waals surface area (Å²) in [7, 11) is 1.44. The molecule has 106 valence electrons. The maximum atomic E-state index is 13.1. The lowest BCUT2D eigenvalue weighted by Crippen LogP contribution is -1.97. The first kappa shape index (κ1) is 15.1. The van der Waals surface area contributed by atoms with Crippen molar-refractivity contribution in [3.8, 4) is 5.75 Å². The van der Waals surface area contributed by atoms with Crippen molar-refractivity contribution >= 4 is 31.3 Å². The molecule has 0 aromatic heterocycles. The van der Waals surface area contributed by atoms with Crippen LogP contribution in [0, 0.1) is 5.82 Å². The summed E-state index contributed by atoms with van der Waals surface area (Å²) in [5, 5.41) is 0.395. The van der Waals surface area contributed by atoms with Gasteiger partial charge in [0.2, 0.25) is 0 Å². The predicted molar refractivity (Wildman–Crippen MR) is 75.2 cm³/mol. The van der Waals surface area contributed by atoms with Crippen molar-refractivity contribution in [2.75, 3.05) is 0 Å². The minimum absolute atomic E-state index is 0.0182. The van der Waals surface area contributed by atoms with Crippen LogP contribution in [0.3, 0.4) is 0 Å². The molecule has 3 nitrogen and oxygen atoms in total. The monoisotopic (exact) mass is 334 g/mol. The Morgan fingerprint density at radius 3 is 2.35 bits per heavy atom. The van der Waals surface area contributed by atoms with Crippen LogP contribution in [0.15, 0.2) is 47.4 Å². The van der Waals surface area contributed by atoms with Crippen molar-refractivity contribution in [3.63, 3.8) is 0 Å². The Morgan fingerprint density at radius 1 is 1.10 bits per heavy atom. The van der Waals surface area contributed by atoms with E-state index in [0.717, 1.165) is 0 Å². The fraction of sp³-hybridized carbons (Fsp3) is 0.0769. The molecule has 0 fully saturated rings. The molecule has 0 aliphatic rings. The van der Waals surface area contributed by atoms with Crippen molar-refractivity contribution in [1.29, 1.82) is 0 Å². The van der Waals surface area contributed by atoms with Crippen LogP contribution < -0.4 is 4.74 Å². The molecule has 2 aromatic carbocycles. The highest BCUT2D eigenvalue weighted by atomic mass is 35.7. The van der Waals surface area contributed by atoms with Crippen molar-refractivity contribution in [2.45, 2.75) is 11.5 Å². The molecule has 0 radical (unpaired) electrons. The smallest absolute Gasteiger partial charge is 0.261 e. The van der Waals surface area contributed by atoms with Crippen LogP contribution in [0.1, 0.15) is 5.56 Å². The lowest BCUT2D eigenvalue weighted by atomic mass is 10.2. The standard InChI is InChI=1S/C13H9Cl2FO3S/c14-13-6-1-10(16)7-9(13)8-19-11-2-4-12(5-3-11)20(15,17)18/h1-7H,8H2. The van der Waals surface area contributed by atoms with Crippen LogP contribution in [-0.4, -0.2) is 8.42 Å². The largest absolute Gasteiger partial charge is 0.489 e. The molecule has 0 saturated heterocycles. The number of hydrogen-bond acceptors (Lipinski definition) is 3. The molecule has 0 spiro atoms. The number of ether oxygens (including phenoxy) is 1. The first-order valence-corrected chi connectivity index (χ1v) is 8.16. The van der Waals surface area contributed by atoms with Crippen LogP contribution in [-0.2, 0) is 15.7 Å². The van der Waals surface area contributed by atoms with Gasteiger partial charge in [-0.05, 0) is 42.5 Å². The normalized spacial score (nSPS) is 11.3. The van der Waals surface area contributed by atoms with E-state index in [4.69, 9.17) is 27.0 Å². The van der Waals surface area contributed by atoms with Crippen molar-refractivity contribution in [2.24, 2.45) is 0 Å². The van der Waals surface area contributed by atoms with Crippen molar-refractivity contribution in [3.05, 3.63) is 58.9 Å². The van der Waals surface area contributed by atoms with Crippen LogP contribution >= 0.6 is 22.3 Å². The molecule has 2 aromatic rings. The fourth-order valence-corrected chi connectivity index (χ4v) is 2.46. The van der Waals surface area contributed by atoms with E-state index in [1.54, 1.807) is 0 Å². The van der Waals surface area contributed by atoms with Gasteiger partial charge in [-0.3, -0.25) is 0 Å². The molecule has 0 unspecified atom stereocenters. The van der Waals surface area contributed by atoms with E-state index < -0.39 is 14.9 Å². The van der Waals surface area contributed by atoms with Gasteiger partial charge < -0.3 is 4.74 Å². The van der Waals surface area contributed by atoms with Crippen molar-refractivity contribution < 1.29 is 17.5 Å². The quantitative estimate of drug-likeness (QED) is 0.794. The summed E-state index contributed by atoms with van der Waals surface area (Å²) in [6, 6.07) is 9.55. The molecule has 20 heavy (non-hydrogen) atoms. The SMILES string of the molecule is O=S(=O)(Cl)c1ccc(OCc2cc(F)ccc2Cl)cc1. The summed E-state index contributed by atoms with van der Waals surface area (Å²) in [4.78, 5) is -0.0182. The third-order valence-electron chi connectivity index (χ3n) is 2.51. The Labute approximate surface area is 125 Å². The van der Waals surface area contributed by atoms with Gasteiger partial charge in [-0.2, -0.15) is 0 Å². The number of benzene rings is 2. The Balaban J connectivity index is 2.10. The van der Waals surface area contributed by atoms with Gasteiger partial charge in [-0.25, -0.2) is 12.8 Å². The molecule has 2 rings (SSSR count). The van der Waals surface area contributed by atoms with E-state index >= 15 is 0 Å². The molecule has 0 bridgehead atoms. The highest BCUT2D eigenvalue weighted by Crippen LogP contribution is 2.22. The average Bonchev–Trinajstić information content (AvgIpc) is 2.39.